The van der Waals surface area contributed by atoms with E-state index in [2.05, 4.69) is 4.98 Å². The normalized spacial score (nSPS) is 21.3. The minimum atomic E-state index is -1.07. The molecule has 1 aliphatic heterocycles. The van der Waals surface area contributed by atoms with E-state index < -0.39 is 23.9 Å². The minimum absolute atomic E-state index is 0.449. The van der Waals surface area contributed by atoms with Crippen molar-refractivity contribution in [2.75, 3.05) is 0 Å². The fraction of sp³-hybridized carbons (Fsp3) is 0.643. The molecule has 0 amide bonds. The monoisotopic (exact) mass is 297 g/mol. The van der Waals surface area contributed by atoms with Crippen molar-refractivity contribution in [1.29, 1.82) is 0 Å². The summed E-state index contributed by atoms with van der Waals surface area (Å²) in [5.74, 6) is 0. The first kappa shape index (κ1) is 15.8. The van der Waals surface area contributed by atoms with Crippen LogP contribution < -0.4 is 5.59 Å². The van der Waals surface area contributed by atoms with Crippen molar-refractivity contribution in [3.63, 3.8) is 0 Å². The highest BCUT2D eigenvalue weighted by Crippen LogP contribution is 2.37. The molecule has 2 heterocycles. The fourth-order valence-electron chi connectivity index (χ4n) is 2.08. The maximum atomic E-state index is 10.3. The van der Waals surface area contributed by atoms with Crippen LogP contribution in [-0.2, 0) is 14.9 Å². The van der Waals surface area contributed by atoms with Gasteiger partial charge in [0.25, 0.3) is 0 Å². The summed E-state index contributed by atoms with van der Waals surface area (Å²) >= 11 is 5.99. The highest BCUT2D eigenvalue weighted by molar-refractivity contribution is 6.61. The Morgan fingerprint density at radius 2 is 1.70 bits per heavy atom. The smallest absolute Gasteiger partial charge is 0.398 e. The van der Waals surface area contributed by atoms with Gasteiger partial charge in [-0.15, -0.1) is 0 Å². The number of rotatable bonds is 2. The first-order valence-corrected chi connectivity index (χ1v) is 7.06. The summed E-state index contributed by atoms with van der Waals surface area (Å²) in [6.45, 7) is 11.3. The van der Waals surface area contributed by atoms with E-state index in [0.717, 1.165) is 0 Å². The van der Waals surface area contributed by atoms with E-state index >= 15 is 0 Å². The molecule has 1 aromatic rings. The molecule has 1 saturated heterocycles. The fourth-order valence-corrected chi connectivity index (χ4v) is 2.24. The minimum Gasteiger partial charge on any atom is -0.398 e. The first-order chi connectivity index (χ1) is 8.94. The summed E-state index contributed by atoms with van der Waals surface area (Å²) in [7, 11) is -0.612. The molecule has 0 atom stereocenters. The summed E-state index contributed by atoms with van der Waals surface area (Å²) in [5, 5.41) is 10.8. The van der Waals surface area contributed by atoms with Gasteiger partial charge in [-0.3, -0.25) is 4.98 Å². The second kappa shape index (κ2) is 4.70. The number of aliphatic hydroxyl groups is 1. The molecule has 4 nitrogen and oxygen atoms in total. The van der Waals surface area contributed by atoms with E-state index in [1.54, 1.807) is 19.9 Å². The van der Waals surface area contributed by atoms with Gasteiger partial charge in [0.1, 0.15) is 0 Å². The molecule has 0 radical (unpaired) electrons. The number of hydrogen-bond acceptors (Lipinski definition) is 4. The van der Waals surface area contributed by atoms with Crippen molar-refractivity contribution in [2.45, 2.75) is 58.3 Å². The van der Waals surface area contributed by atoms with Crippen molar-refractivity contribution in [2.24, 2.45) is 0 Å². The van der Waals surface area contributed by atoms with Crippen LogP contribution in [0.15, 0.2) is 12.3 Å². The van der Waals surface area contributed by atoms with Gasteiger partial charge in [0.2, 0.25) is 0 Å². The number of pyridine rings is 1. The SMILES string of the molecule is CC(C)(O)c1cc(Cl)cnc1B1OC(C)(C)C(C)(C)O1. The third-order valence-electron chi connectivity index (χ3n) is 4.02. The lowest BCUT2D eigenvalue weighted by atomic mass is 9.77. The first-order valence-electron chi connectivity index (χ1n) is 6.68. The van der Waals surface area contributed by atoms with Crippen molar-refractivity contribution in [3.8, 4) is 0 Å². The third kappa shape index (κ3) is 2.73. The Hall–Kier alpha value is -0.615. The van der Waals surface area contributed by atoms with Crippen LogP contribution in [0.2, 0.25) is 5.02 Å². The van der Waals surface area contributed by atoms with Crippen LogP contribution in [0.25, 0.3) is 0 Å². The van der Waals surface area contributed by atoms with Crippen LogP contribution >= 0.6 is 11.6 Å². The van der Waals surface area contributed by atoms with E-state index in [4.69, 9.17) is 20.9 Å². The number of hydrogen-bond donors (Lipinski definition) is 1. The zero-order chi connectivity index (χ0) is 15.3. The Balaban J connectivity index is 2.46. The molecule has 1 aliphatic rings. The summed E-state index contributed by atoms with van der Waals surface area (Å²) in [5.41, 5.74) is -0.785. The number of aromatic nitrogens is 1. The Bertz CT molecular complexity index is 510. The quantitative estimate of drug-likeness (QED) is 0.851. The Morgan fingerprint density at radius 1 is 1.20 bits per heavy atom. The summed E-state index contributed by atoms with van der Waals surface area (Å²) in [4.78, 5) is 4.32. The Labute approximate surface area is 125 Å². The topological polar surface area (TPSA) is 51.6 Å². The molecule has 0 unspecified atom stereocenters. The van der Waals surface area contributed by atoms with Gasteiger partial charge in [-0.2, -0.15) is 0 Å². The standard InChI is InChI=1S/C14H21BClNO3/c1-12(2,18)10-7-9(16)8-17-11(10)15-19-13(3,4)14(5,6)20-15/h7-8,18H,1-6H3. The molecule has 0 aromatic carbocycles. The van der Waals surface area contributed by atoms with Crippen LogP contribution in [0.1, 0.15) is 47.1 Å². The summed E-state index contributed by atoms with van der Waals surface area (Å²) in [6.07, 6.45) is 1.54. The highest BCUT2D eigenvalue weighted by Gasteiger charge is 2.53. The molecular weight excluding hydrogens is 276 g/mol. The van der Waals surface area contributed by atoms with Gasteiger partial charge in [0.15, 0.2) is 0 Å². The molecular formula is C14H21BClNO3. The van der Waals surface area contributed by atoms with E-state index in [1.165, 1.54) is 6.20 Å². The maximum absolute atomic E-state index is 10.3. The molecule has 0 spiro atoms. The van der Waals surface area contributed by atoms with Gasteiger partial charge in [0.05, 0.1) is 27.4 Å². The van der Waals surface area contributed by atoms with Crippen molar-refractivity contribution in [3.05, 3.63) is 22.8 Å². The summed E-state index contributed by atoms with van der Waals surface area (Å²) < 4.78 is 12.0. The van der Waals surface area contributed by atoms with Gasteiger partial charge in [0, 0.05) is 11.8 Å². The largest absolute Gasteiger partial charge is 0.514 e. The molecule has 1 N–H and O–H groups in total. The molecule has 1 aromatic heterocycles. The summed E-state index contributed by atoms with van der Waals surface area (Å²) in [6, 6.07) is 1.70. The molecule has 0 saturated carbocycles. The van der Waals surface area contributed by atoms with Crippen LogP contribution in [0.5, 0.6) is 0 Å². The predicted octanol–water partition coefficient (Wildman–Crippen LogP) is 2.26. The van der Waals surface area contributed by atoms with Crippen LogP contribution in [0.3, 0.4) is 0 Å². The van der Waals surface area contributed by atoms with Crippen molar-refractivity contribution < 1.29 is 14.4 Å². The van der Waals surface area contributed by atoms with Gasteiger partial charge < -0.3 is 14.4 Å². The lowest BCUT2D eigenvalue weighted by molar-refractivity contribution is 0.00578. The lowest BCUT2D eigenvalue weighted by Gasteiger charge is -2.32. The lowest BCUT2D eigenvalue weighted by Crippen LogP contribution is -2.42. The average Bonchev–Trinajstić information content (AvgIpc) is 2.46. The van der Waals surface area contributed by atoms with Gasteiger partial charge in [-0.1, -0.05) is 11.6 Å². The van der Waals surface area contributed by atoms with E-state index in [0.29, 0.717) is 16.2 Å². The van der Waals surface area contributed by atoms with Gasteiger partial charge in [-0.05, 0) is 47.6 Å². The molecule has 0 aliphatic carbocycles. The second-order valence-electron chi connectivity index (χ2n) is 6.73. The molecule has 1 fully saturated rings. The third-order valence-corrected chi connectivity index (χ3v) is 4.23. The zero-order valence-corrected chi connectivity index (χ0v) is 13.6. The zero-order valence-electron chi connectivity index (χ0n) is 12.8. The van der Waals surface area contributed by atoms with E-state index in [9.17, 15) is 5.11 Å². The molecule has 0 bridgehead atoms. The highest BCUT2D eigenvalue weighted by atomic mass is 35.5. The van der Waals surface area contributed by atoms with Crippen LogP contribution in [0, 0.1) is 0 Å². The van der Waals surface area contributed by atoms with Crippen LogP contribution in [-0.4, -0.2) is 28.4 Å². The van der Waals surface area contributed by atoms with Gasteiger partial charge in [-0.25, -0.2) is 0 Å². The van der Waals surface area contributed by atoms with Crippen LogP contribution in [0.4, 0.5) is 0 Å². The number of nitrogens with zero attached hydrogens (tertiary/aromatic N) is 1. The van der Waals surface area contributed by atoms with Crippen molar-refractivity contribution >= 4 is 24.3 Å². The molecule has 2 rings (SSSR count). The maximum Gasteiger partial charge on any atom is 0.514 e. The molecule has 20 heavy (non-hydrogen) atoms. The Kier molecular flexibility index (Phi) is 3.71. The van der Waals surface area contributed by atoms with Crippen molar-refractivity contribution in [1.82, 2.24) is 4.98 Å². The average molecular weight is 298 g/mol. The Morgan fingerprint density at radius 3 is 2.15 bits per heavy atom. The van der Waals surface area contributed by atoms with Gasteiger partial charge >= 0.3 is 7.12 Å². The van der Waals surface area contributed by atoms with E-state index in [1.807, 2.05) is 27.7 Å². The predicted molar refractivity (Wildman–Crippen MR) is 80.2 cm³/mol. The second-order valence-corrected chi connectivity index (χ2v) is 7.17. The molecule has 6 heteroatoms. The number of halogens is 1. The van der Waals surface area contributed by atoms with E-state index in [-0.39, 0.29) is 0 Å². The molecule has 110 valence electrons.